The summed E-state index contributed by atoms with van der Waals surface area (Å²) in [6.07, 6.45) is 0. The minimum atomic E-state index is -3.25. The Balaban J connectivity index is 1.09. The number of hydrogen-bond acceptors (Lipinski definition) is 2. The molecule has 308 valence electrons. The van der Waals surface area contributed by atoms with Gasteiger partial charge in [-0.3, -0.25) is 0 Å². The molecule has 0 saturated carbocycles. The molecule has 67 heavy (non-hydrogen) atoms. The zero-order valence-corrected chi connectivity index (χ0v) is 37.1. The van der Waals surface area contributed by atoms with Crippen molar-refractivity contribution in [3.63, 3.8) is 0 Å². The van der Waals surface area contributed by atoms with Crippen LogP contribution in [0.1, 0.15) is 11.1 Å². The highest BCUT2D eigenvalue weighted by molar-refractivity contribution is 7.24. The van der Waals surface area contributed by atoms with Crippen molar-refractivity contribution in [2.45, 2.75) is 0 Å². The Bertz CT molecular complexity index is 3910. The minimum Gasteiger partial charge on any atom is -0.309 e. The normalized spacial score (nSPS) is 12.9. The van der Waals surface area contributed by atoms with E-state index in [2.05, 4.69) is 228 Å². The van der Waals surface area contributed by atoms with Crippen LogP contribution in [0.15, 0.2) is 218 Å². The van der Waals surface area contributed by atoms with Gasteiger partial charge >= 0.3 is 0 Å². The molecule has 0 aliphatic carbocycles. The first-order chi connectivity index (χ1) is 33.1. The summed E-state index contributed by atoms with van der Waals surface area (Å²) in [5.41, 5.74) is 17.4. The van der Waals surface area contributed by atoms with Crippen molar-refractivity contribution in [3.05, 3.63) is 230 Å². The summed E-state index contributed by atoms with van der Waals surface area (Å²) in [7, 11) is -3.25. The predicted octanol–water partition coefficient (Wildman–Crippen LogP) is 12.3. The van der Waals surface area contributed by atoms with Gasteiger partial charge in [-0.25, -0.2) is 0 Å². The van der Waals surface area contributed by atoms with Crippen molar-refractivity contribution in [3.8, 4) is 68.0 Å². The van der Waals surface area contributed by atoms with Crippen molar-refractivity contribution in [1.82, 2.24) is 9.13 Å². The van der Waals surface area contributed by atoms with Crippen LogP contribution in [0.25, 0.3) is 99.5 Å². The molecule has 2 aliphatic rings. The van der Waals surface area contributed by atoms with E-state index in [9.17, 15) is 10.5 Å². The molecule has 14 rings (SSSR count). The maximum atomic E-state index is 10.6. The molecule has 0 amide bonds. The van der Waals surface area contributed by atoms with Crippen molar-refractivity contribution in [1.29, 1.82) is 10.5 Å². The van der Waals surface area contributed by atoms with Crippen molar-refractivity contribution < 1.29 is 0 Å². The number of para-hydroxylation sites is 6. The molecule has 10 aromatic carbocycles. The molecule has 2 aliphatic heterocycles. The zero-order valence-electron chi connectivity index (χ0n) is 36.1. The Morgan fingerprint density at radius 3 is 1.12 bits per heavy atom. The predicted molar refractivity (Wildman–Crippen MR) is 277 cm³/mol. The highest BCUT2D eigenvalue weighted by atomic mass is 28.3. The second kappa shape index (κ2) is 14.0. The van der Waals surface area contributed by atoms with E-state index in [1.807, 2.05) is 12.1 Å². The maximum Gasteiger partial charge on any atom is 0.182 e. The summed E-state index contributed by atoms with van der Waals surface area (Å²) in [5.74, 6) is 0. The molecule has 0 bridgehead atoms. The van der Waals surface area contributed by atoms with E-state index < -0.39 is 8.07 Å². The molecule has 12 aromatic rings. The Hall–Kier alpha value is -9.00. The third kappa shape index (κ3) is 5.04. The Morgan fingerprint density at radius 1 is 0.313 bits per heavy atom. The van der Waals surface area contributed by atoms with E-state index in [0.717, 1.165) is 66.8 Å². The second-order valence-corrected chi connectivity index (χ2v) is 21.4. The quantitative estimate of drug-likeness (QED) is 0.166. The van der Waals surface area contributed by atoms with Gasteiger partial charge in [-0.1, -0.05) is 158 Å². The van der Waals surface area contributed by atoms with Crippen LogP contribution in [-0.4, -0.2) is 17.2 Å². The van der Waals surface area contributed by atoms with Crippen molar-refractivity contribution in [2.24, 2.45) is 0 Å². The van der Waals surface area contributed by atoms with E-state index >= 15 is 0 Å². The molecule has 0 saturated heterocycles. The highest BCUT2D eigenvalue weighted by Gasteiger charge is 2.54. The molecule has 5 heteroatoms. The minimum absolute atomic E-state index is 0.635. The van der Waals surface area contributed by atoms with Crippen LogP contribution in [0.4, 0.5) is 0 Å². The average Bonchev–Trinajstić information content (AvgIpc) is 4.10. The Kier molecular flexibility index (Phi) is 7.81. The van der Waals surface area contributed by atoms with Gasteiger partial charge in [0.2, 0.25) is 0 Å². The first kappa shape index (κ1) is 37.4. The fourth-order valence-corrected chi connectivity index (χ4v) is 17.6. The second-order valence-electron chi connectivity index (χ2n) is 17.8. The lowest BCUT2D eigenvalue weighted by atomic mass is 9.96. The van der Waals surface area contributed by atoms with Crippen LogP contribution in [-0.2, 0) is 0 Å². The molecule has 0 unspecified atom stereocenters. The van der Waals surface area contributed by atoms with E-state index in [1.54, 1.807) is 0 Å². The molecule has 2 aromatic heterocycles. The third-order valence-electron chi connectivity index (χ3n) is 14.6. The Labute approximate surface area is 387 Å². The highest BCUT2D eigenvalue weighted by Crippen LogP contribution is 2.44. The van der Waals surface area contributed by atoms with E-state index in [4.69, 9.17) is 0 Å². The van der Waals surface area contributed by atoms with E-state index in [-0.39, 0.29) is 0 Å². The Morgan fingerprint density at radius 2 is 0.687 bits per heavy atom. The van der Waals surface area contributed by atoms with Gasteiger partial charge in [-0.05, 0) is 115 Å². The number of nitriles is 2. The zero-order chi connectivity index (χ0) is 44.4. The van der Waals surface area contributed by atoms with Crippen LogP contribution in [0, 0.1) is 22.7 Å². The fraction of sp³-hybridized carbons (Fsp3) is 0. The van der Waals surface area contributed by atoms with Gasteiger partial charge in [-0.2, -0.15) is 10.5 Å². The summed E-state index contributed by atoms with van der Waals surface area (Å²) in [6.45, 7) is 0. The fourth-order valence-electron chi connectivity index (χ4n) is 11.9. The number of hydrogen-bond donors (Lipinski definition) is 0. The first-order valence-corrected chi connectivity index (χ1v) is 24.7. The number of nitrogens with zero attached hydrogens (tertiary/aromatic N) is 4. The lowest BCUT2D eigenvalue weighted by molar-refractivity contribution is 1.18. The molecule has 4 heterocycles. The molecule has 0 N–H and O–H groups in total. The topological polar surface area (TPSA) is 57.4 Å². The van der Waals surface area contributed by atoms with E-state index in [1.165, 1.54) is 53.4 Å². The van der Waals surface area contributed by atoms with Crippen molar-refractivity contribution >= 4 is 72.4 Å². The lowest BCUT2D eigenvalue weighted by Gasteiger charge is -2.29. The van der Waals surface area contributed by atoms with Gasteiger partial charge in [0, 0.05) is 44.0 Å². The smallest absolute Gasteiger partial charge is 0.182 e. The summed E-state index contributed by atoms with van der Waals surface area (Å²) in [5, 5.41) is 30.9. The van der Waals surface area contributed by atoms with Gasteiger partial charge in [0.15, 0.2) is 8.07 Å². The van der Waals surface area contributed by atoms with Crippen LogP contribution in [0.5, 0.6) is 0 Å². The molecule has 0 radical (unpaired) electrons. The largest absolute Gasteiger partial charge is 0.309 e. The maximum absolute atomic E-state index is 10.6. The number of fused-ring (bicyclic) bond motifs is 16. The van der Waals surface area contributed by atoms with E-state index in [0.29, 0.717) is 11.1 Å². The molecular formula is C62H36N4Si. The molecular weight excluding hydrogens is 829 g/mol. The first-order valence-electron chi connectivity index (χ1n) is 22.7. The summed E-state index contributed by atoms with van der Waals surface area (Å²) < 4.78 is 4.82. The van der Waals surface area contributed by atoms with Gasteiger partial charge in [0.05, 0.1) is 45.3 Å². The summed E-state index contributed by atoms with van der Waals surface area (Å²) in [4.78, 5) is 0. The lowest BCUT2D eigenvalue weighted by Crippen LogP contribution is -2.71. The third-order valence-corrected chi connectivity index (χ3v) is 19.5. The standard InChI is InChI=1S/C62H36N4Si/c63-37-39-25-29-49-50-30-26-40(38-64)34-58(50)67(57(49)33-39)59-35-41(45-19-11-21-53-47-17-7-9-23-55(47)65(61(45)53)43-13-3-1-4-14-43)27-31-51(59)52-32-28-42(36-60(52)67)46-20-12-22-54-48-18-8-10-24-56(48)66(62(46)54)44-15-5-2-6-16-44/h1-36H. The summed E-state index contributed by atoms with van der Waals surface area (Å²) in [6, 6.07) is 83.9. The number of benzene rings is 10. The van der Waals surface area contributed by atoms with Crippen LogP contribution in [0.2, 0.25) is 0 Å². The SMILES string of the molecule is N#Cc1ccc2c(c1)[Si]1(c3cc(C#N)ccc3-2)c2cc(-c3cccc4c5ccccc5n(-c5ccccc5)c34)ccc2-c2ccc(-c3cccc4c5ccccc5n(-c5ccccc5)c34)cc21. The molecule has 4 nitrogen and oxygen atoms in total. The van der Waals surface area contributed by atoms with Crippen molar-refractivity contribution in [2.75, 3.05) is 0 Å². The molecule has 0 atom stereocenters. The van der Waals surface area contributed by atoms with Gasteiger partial charge < -0.3 is 9.13 Å². The van der Waals surface area contributed by atoms with Crippen LogP contribution >= 0.6 is 0 Å². The number of rotatable bonds is 4. The van der Waals surface area contributed by atoms with Gasteiger partial charge in [0.25, 0.3) is 0 Å². The molecule has 0 fully saturated rings. The van der Waals surface area contributed by atoms with Gasteiger partial charge in [0.1, 0.15) is 0 Å². The number of aromatic nitrogens is 2. The summed E-state index contributed by atoms with van der Waals surface area (Å²) >= 11 is 0. The van der Waals surface area contributed by atoms with Crippen LogP contribution in [0.3, 0.4) is 0 Å². The van der Waals surface area contributed by atoms with Crippen LogP contribution < -0.4 is 20.7 Å². The molecule has 1 spiro atoms. The monoisotopic (exact) mass is 864 g/mol. The van der Waals surface area contributed by atoms with Gasteiger partial charge in [-0.15, -0.1) is 0 Å². The average molecular weight is 865 g/mol.